The van der Waals surface area contributed by atoms with E-state index in [-0.39, 0.29) is 0 Å². The molecule has 0 amide bonds. The van der Waals surface area contributed by atoms with E-state index in [0.717, 1.165) is 42.0 Å². The van der Waals surface area contributed by atoms with Crippen molar-refractivity contribution in [3.8, 4) is 0 Å². The van der Waals surface area contributed by atoms with Crippen LogP contribution >= 0.6 is 0 Å². The maximum atomic E-state index is 10.6. The lowest BCUT2D eigenvalue weighted by molar-refractivity contribution is 0.205. The zero-order chi connectivity index (χ0) is 13.8. The van der Waals surface area contributed by atoms with Crippen molar-refractivity contribution in [2.75, 3.05) is 0 Å². The third-order valence-corrected chi connectivity index (χ3v) is 3.12. The van der Waals surface area contributed by atoms with Gasteiger partial charge in [0.1, 0.15) is 6.10 Å². The van der Waals surface area contributed by atoms with Gasteiger partial charge in [0.05, 0.1) is 17.1 Å². The molecule has 0 spiro atoms. The summed E-state index contributed by atoms with van der Waals surface area (Å²) in [5.74, 6) is 0. The molecule has 2 heterocycles. The second-order valence-electron chi connectivity index (χ2n) is 4.62. The number of nitrogens with zero attached hydrogens (tertiary/aromatic N) is 4. The lowest BCUT2D eigenvalue weighted by Gasteiger charge is -2.16. The summed E-state index contributed by atoms with van der Waals surface area (Å²) in [5.41, 5.74) is 3.28. The van der Waals surface area contributed by atoms with E-state index in [1.165, 1.54) is 0 Å². The Balaban J connectivity index is 2.40. The smallest absolute Gasteiger partial charge is 0.123 e. The van der Waals surface area contributed by atoms with Gasteiger partial charge >= 0.3 is 0 Å². The summed E-state index contributed by atoms with van der Waals surface area (Å²) in [4.78, 5) is 0. The molecule has 0 bridgehead atoms. The number of aromatic nitrogens is 4. The van der Waals surface area contributed by atoms with Crippen LogP contribution in [0, 0.1) is 6.92 Å². The summed E-state index contributed by atoms with van der Waals surface area (Å²) < 4.78 is 1.85. The summed E-state index contributed by atoms with van der Waals surface area (Å²) in [5, 5.41) is 23.1. The summed E-state index contributed by atoms with van der Waals surface area (Å²) in [7, 11) is 0. The van der Waals surface area contributed by atoms with Gasteiger partial charge in [-0.3, -0.25) is 4.68 Å². The Bertz CT molecular complexity index is 550. The first kappa shape index (κ1) is 13.7. The van der Waals surface area contributed by atoms with Crippen LogP contribution in [-0.4, -0.2) is 25.1 Å². The van der Waals surface area contributed by atoms with Crippen molar-refractivity contribution in [2.45, 2.75) is 46.3 Å². The van der Waals surface area contributed by atoms with Gasteiger partial charge in [0.2, 0.25) is 0 Å². The lowest BCUT2D eigenvalue weighted by atomic mass is 10.0. The maximum Gasteiger partial charge on any atom is 0.123 e. The minimum Gasteiger partial charge on any atom is -0.382 e. The largest absolute Gasteiger partial charge is 0.382 e. The Kier molecular flexibility index (Phi) is 4.27. The Morgan fingerprint density at radius 2 is 2.11 bits per heavy atom. The molecular formula is C14H20N4O. The van der Waals surface area contributed by atoms with Gasteiger partial charge in [0.15, 0.2) is 0 Å². The Hall–Kier alpha value is -1.75. The van der Waals surface area contributed by atoms with Crippen LogP contribution in [0.25, 0.3) is 0 Å². The van der Waals surface area contributed by atoms with Crippen LogP contribution in [0.15, 0.2) is 18.3 Å². The number of hydrogen-bond donors (Lipinski definition) is 1. The summed E-state index contributed by atoms with van der Waals surface area (Å²) >= 11 is 0. The highest BCUT2D eigenvalue weighted by molar-refractivity contribution is 5.29. The minimum absolute atomic E-state index is 0.696. The predicted molar refractivity (Wildman–Crippen MR) is 72.7 cm³/mol. The average molecular weight is 260 g/mol. The number of aliphatic hydroxyl groups is 1. The molecule has 1 atom stereocenters. The van der Waals surface area contributed by atoms with Crippen LogP contribution in [0.4, 0.5) is 0 Å². The van der Waals surface area contributed by atoms with Crippen LogP contribution in [0.2, 0.25) is 0 Å². The third-order valence-electron chi connectivity index (χ3n) is 3.12. The fraction of sp³-hybridized carbons (Fsp3) is 0.500. The van der Waals surface area contributed by atoms with Crippen LogP contribution in [0.1, 0.15) is 49.0 Å². The number of aryl methyl sites for hydroxylation is 3. The molecule has 0 aliphatic rings. The SMILES string of the molecule is CCCn1nccc1C(O)c1cc(C)nnc1CC. The first-order chi connectivity index (χ1) is 9.17. The zero-order valence-corrected chi connectivity index (χ0v) is 11.7. The molecule has 2 rings (SSSR count). The third kappa shape index (κ3) is 2.81. The normalized spacial score (nSPS) is 12.6. The Labute approximate surface area is 113 Å². The van der Waals surface area contributed by atoms with E-state index < -0.39 is 6.10 Å². The van der Waals surface area contributed by atoms with Gasteiger partial charge in [0, 0.05) is 18.3 Å². The van der Waals surface area contributed by atoms with E-state index >= 15 is 0 Å². The van der Waals surface area contributed by atoms with Crippen molar-refractivity contribution in [1.29, 1.82) is 0 Å². The van der Waals surface area contributed by atoms with E-state index in [4.69, 9.17) is 0 Å². The topological polar surface area (TPSA) is 63.8 Å². The molecule has 1 N–H and O–H groups in total. The van der Waals surface area contributed by atoms with Crippen molar-refractivity contribution in [1.82, 2.24) is 20.0 Å². The van der Waals surface area contributed by atoms with Gasteiger partial charge in [-0.1, -0.05) is 13.8 Å². The fourth-order valence-corrected chi connectivity index (χ4v) is 2.18. The number of aliphatic hydroxyl groups excluding tert-OH is 1. The van der Waals surface area contributed by atoms with Gasteiger partial charge < -0.3 is 5.11 Å². The molecule has 0 aliphatic carbocycles. The maximum absolute atomic E-state index is 10.6. The molecule has 19 heavy (non-hydrogen) atoms. The molecule has 2 aromatic heterocycles. The molecule has 5 nitrogen and oxygen atoms in total. The minimum atomic E-state index is -0.696. The second kappa shape index (κ2) is 5.93. The standard InChI is InChI=1S/C14H20N4O/c1-4-8-18-13(6-7-15-18)14(19)11-9-10(3)16-17-12(11)5-2/h6-7,9,14,19H,4-5,8H2,1-3H3. The highest BCUT2D eigenvalue weighted by atomic mass is 16.3. The van der Waals surface area contributed by atoms with Crippen LogP contribution in [0.3, 0.4) is 0 Å². The van der Waals surface area contributed by atoms with Gasteiger partial charge in [-0.15, -0.1) is 0 Å². The average Bonchev–Trinajstić information content (AvgIpc) is 2.86. The quantitative estimate of drug-likeness (QED) is 0.893. The molecule has 0 saturated carbocycles. The number of rotatable bonds is 5. The van der Waals surface area contributed by atoms with Crippen molar-refractivity contribution < 1.29 is 5.11 Å². The molecule has 2 aromatic rings. The molecule has 102 valence electrons. The second-order valence-corrected chi connectivity index (χ2v) is 4.62. The molecule has 0 aliphatic heterocycles. The van der Waals surface area contributed by atoms with Gasteiger partial charge in [-0.2, -0.15) is 15.3 Å². The number of hydrogen-bond acceptors (Lipinski definition) is 4. The van der Waals surface area contributed by atoms with Gasteiger partial charge in [0.25, 0.3) is 0 Å². The van der Waals surface area contributed by atoms with Crippen molar-refractivity contribution in [3.05, 3.63) is 41.0 Å². The summed E-state index contributed by atoms with van der Waals surface area (Å²) in [6.45, 7) is 6.79. The molecule has 5 heteroatoms. The van der Waals surface area contributed by atoms with E-state index in [1.807, 2.05) is 30.7 Å². The molecule has 0 aromatic carbocycles. The van der Waals surface area contributed by atoms with Crippen molar-refractivity contribution >= 4 is 0 Å². The van der Waals surface area contributed by atoms with Gasteiger partial charge in [-0.25, -0.2) is 0 Å². The van der Waals surface area contributed by atoms with Crippen LogP contribution in [-0.2, 0) is 13.0 Å². The monoisotopic (exact) mass is 260 g/mol. The fourth-order valence-electron chi connectivity index (χ4n) is 2.18. The van der Waals surface area contributed by atoms with E-state index in [0.29, 0.717) is 0 Å². The van der Waals surface area contributed by atoms with Crippen molar-refractivity contribution in [3.63, 3.8) is 0 Å². The summed E-state index contributed by atoms with van der Waals surface area (Å²) in [6.07, 6.45) is 2.76. The van der Waals surface area contributed by atoms with Crippen LogP contribution < -0.4 is 0 Å². The van der Waals surface area contributed by atoms with E-state index in [1.54, 1.807) is 6.20 Å². The highest BCUT2D eigenvalue weighted by Gasteiger charge is 2.19. The van der Waals surface area contributed by atoms with E-state index in [2.05, 4.69) is 22.2 Å². The Morgan fingerprint density at radius 1 is 1.32 bits per heavy atom. The molecular weight excluding hydrogens is 240 g/mol. The summed E-state index contributed by atoms with van der Waals surface area (Å²) in [6, 6.07) is 3.76. The van der Waals surface area contributed by atoms with E-state index in [9.17, 15) is 5.11 Å². The predicted octanol–water partition coefficient (Wildman–Crippen LogP) is 2.04. The zero-order valence-electron chi connectivity index (χ0n) is 11.7. The molecule has 1 unspecified atom stereocenters. The highest BCUT2D eigenvalue weighted by Crippen LogP contribution is 2.24. The molecule has 0 saturated heterocycles. The Morgan fingerprint density at radius 3 is 2.79 bits per heavy atom. The first-order valence-electron chi connectivity index (χ1n) is 6.70. The van der Waals surface area contributed by atoms with Crippen LogP contribution in [0.5, 0.6) is 0 Å². The molecule has 0 fully saturated rings. The van der Waals surface area contributed by atoms with Gasteiger partial charge in [-0.05, 0) is 31.9 Å². The van der Waals surface area contributed by atoms with Crippen molar-refractivity contribution in [2.24, 2.45) is 0 Å². The lowest BCUT2D eigenvalue weighted by Crippen LogP contribution is -2.13. The molecule has 0 radical (unpaired) electrons. The first-order valence-corrected chi connectivity index (χ1v) is 6.70.